The van der Waals surface area contributed by atoms with Crippen LogP contribution in [0.4, 0.5) is 0 Å². The molecular formula is C21H34N4O3S. The molecule has 1 unspecified atom stereocenters. The van der Waals surface area contributed by atoms with E-state index in [1.807, 2.05) is 13.0 Å². The maximum atomic E-state index is 12.5. The molecule has 8 heteroatoms. The number of sulfonamides is 1. The molecule has 1 amide bonds. The Morgan fingerprint density at radius 1 is 1.24 bits per heavy atom. The number of amides is 1. The third-order valence-corrected chi connectivity index (χ3v) is 7.09. The van der Waals surface area contributed by atoms with E-state index >= 15 is 0 Å². The fraction of sp³-hybridized carbons (Fsp3) is 0.619. The summed E-state index contributed by atoms with van der Waals surface area (Å²) >= 11 is 0. The number of carbonyl (C=O) groups excluding carboxylic acids is 1. The van der Waals surface area contributed by atoms with E-state index in [1.165, 1.54) is 18.4 Å². The molecule has 0 spiro atoms. The van der Waals surface area contributed by atoms with Crippen molar-refractivity contribution < 1.29 is 13.2 Å². The summed E-state index contributed by atoms with van der Waals surface area (Å²) in [5.41, 5.74) is 1.55. The minimum Gasteiger partial charge on any atom is -0.353 e. The molecule has 0 bridgehead atoms. The highest BCUT2D eigenvalue weighted by Crippen LogP contribution is 2.23. The van der Waals surface area contributed by atoms with Crippen LogP contribution in [0, 0.1) is 5.92 Å². The maximum Gasteiger partial charge on any atom is 0.242 e. The van der Waals surface area contributed by atoms with E-state index in [4.69, 9.17) is 0 Å². The molecule has 1 atom stereocenters. The number of aryl methyl sites for hydroxylation is 2. The SMILES string of the molecule is CCCCn1c(CCC(=O)NC(C)C(C)C)nc2cc(S(=O)(=O)N(C)C)ccc21. The predicted molar refractivity (Wildman–Crippen MR) is 116 cm³/mol. The van der Waals surface area contributed by atoms with Crippen molar-refractivity contribution >= 4 is 27.0 Å². The van der Waals surface area contributed by atoms with Gasteiger partial charge in [-0.05, 0) is 37.5 Å². The van der Waals surface area contributed by atoms with Crippen LogP contribution in [0.25, 0.3) is 11.0 Å². The molecule has 162 valence electrons. The van der Waals surface area contributed by atoms with Gasteiger partial charge in [-0.25, -0.2) is 17.7 Å². The average Bonchev–Trinajstić information content (AvgIpc) is 3.00. The quantitative estimate of drug-likeness (QED) is 0.637. The highest BCUT2D eigenvalue weighted by Gasteiger charge is 2.20. The van der Waals surface area contributed by atoms with Gasteiger partial charge in [0.25, 0.3) is 0 Å². The van der Waals surface area contributed by atoms with Crippen LogP contribution in [0.15, 0.2) is 23.1 Å². The van der Waals surface area contributed by atoms with Gasteiger partial charge in [-0.3, -0.25) is 4.79 Å². The smallest absolute Gasteiger partial charge is 0.242 e. The monoisotopic (exact) mass is 422 g/mol. The number of benzene rings is 1. The Balaban J connectivity index is 2.31. The van der Waals surface area contributed by atoms with Crippen molar-refractivity contribution in [2.75, 3.05) is 14.1 Å². The molecule has 7 nitrogen and oxygen atoms in total. The van der Waals surface area contributed by atoms with Crippen LogP contribution in [0.2, 0.25) is 0 Å². The molecule has 1 aromatic heterocycles. The molecular weight excluding hydrogens is 388 g/mol. The van der Waals surface area contributed by atoms with Gasteiger partial charge in [-0.1, -0.05) is 27.2 Å². The van der Waals surface area contributed by atoms with Crippen molar-refractivity contribution in [3.8, 4) is 0 Å². The largest absolute Gasteiger partial charge is 0.353 e. The van der Waals surface area contributed by atoms with Crippen LogP contribution in [0.3, 0.4) is 0 Å². The lowest BCUT2D eigenvalue weighted by Crippen LogP contribution is -2.36. The second kappa shape index (κ2) is 9.71. The molecule has 0 fully saturated rings. The summed E-state index contributed by atoms with van der Waals surface area (Å²) in [6.07, 6.45) is 2.91. The first-order valence-electron chi connectivity index (χ1n) is 10.3. The second-order valence-electron chi connectivity index (χ2n) is 8.07. The minimum absolute atomic E-state index is 0.0103. The Morgan fingerprint density at radius 2 is 1.93 bits per heavy atom. The number of hydrogen-bond donors (Lipinski definition) is 1. The maximum absolute atomic E-state index is 12.5. The number of aromatic nitrogens is 2. The van der Waals surface area contributed by atoms with Crippen LogP contribution in [-0.4, -0.2) is 48.3 Å². The van der Waals surface area contributed by atoms with Gasteiger partial charge in [-0.15, -0.1) is 0 Å². The molecule has 2 rings (SSSR count). The van der Waals surface area contributed by atoms with Gasteiger partial charge in [-0.2, -0.15) is 0 Å². The first-order chi connectivity index (χ1) is 13.6. The number of carbonyl (C=O) groups is 1. The molecule has 0 aliphatic heterocycles. The minimum atomic E-state index is -3.52. The van der Waals surface area contributed by atoms with Crippen LogP contribution in [0.5, 0.6) is 0 Å². The van der Waals surface area contributed by atoms with Crippen molar-refractivity contribution in [2.45, 2.75) is 70.9 Å². The Hall–Kier alpha value is -1.93. The Labute approximate surface area is 174 Å². The summed E-state index contributed by atoms with van der Waals surface area (Å²) < 4.78 is 28.2. The number of hydrogen-bond acceptors (Lipinski definition) is 4. The highest BCUT2D eigenvalue weighted by molar-refractivity contribution is 7.89. The van der Waals surface area contributed by atoms with E-state index in [9.17, 15) is 13.2 Å². The van der Waals surface area contributed by atoms with Gasteiger partial charge >= 0.3 is 0 Å². The number of rotatable bonds is 10. The Bertz CT molecular complexity index is 948. The van der Waals surface area contributed by atoms with E-state index in [0.717, 1.165) is 30.7 Å². The van der Waals surface area contributed by atoms with Crippen molar-refractivity contribution in [1.29, 1.82) is 0 Å². The first kappa shape index (κ1) is 23.3. The van der Waals surface area contributed by atoms with Crippen molar-refractivity contribution in [3.63, 3.8) is 0 Å². The lowest BCUT2D eigenvalue weighted by atomic mass is 10.1. The first-order valence-corrected chi connectivity index (χ1v) is 11.7. The molecule has 0 saturated carbocycles. The third-order valence-electron chi connectivity index (χ3n) is 5.28. The zero-order valence-corrected chi connectivity index (χ0v) is 19.2. The lowest BCUT2D eigenvalue weighted by Gasteiger charge is -2.17. The molecule has 2 aromatic rings. The summed E-state index contributed by atoms with van der Waals surface area (Å²) in [4.78, 5) is 17.2. The zero-order chi connectivity index (χ0) is 21.8. The molecule has 29 heavy (non-hydrogen) atoms. The van der Waals surface area contributed by atoms with Gasteiger partial charge in [0, 0.05) is 39.5 Å². The fourth-order valence-corrected chi connectivity index (χ4v) is 3.93. The van der Waals surface area contributed by atoms with E-state index in [0.29, 0.717) is 24.3 Å². The third kappa shape index (κ3) is 5.57. The predicted octanol–water partition coefficient (Wildman–Crippen LogP) is 3.18. The fourth-order valence-electron chi connectivity index (χ4n) is 3.01. The van der Waals surface area contributed by atoms with Crippen LogP contribution >= 0.6 is 0 Å². The summed E-state index contributed by atoms with van der Waals surface area (Å²) in [7, 11) is -0.485. The van der Waals surface area contributed by atoms with Gasteiger partial charge in [0.05, 0.1) is 15.9 Å². The van der Waals surface area contributed by atoms with Crippen molar-refractivity contribution in [2.24, 2.45) is 5.92 Å². The van der Waals surface area contributed by atoms with Gasteiger partial charge in [0.15, 0.2) is 0 Å². The normalized spacial score (nSPS) is 13.4. The number of unbranched alkanes of at least 4 members (excludes halogenated alkanes) is 1. The summed E-state index contributed by atoms with van der Waals surface area (Å²) in [6, 6.07) is 5.19. The van der Waals surface area contributed by atoms with Crippen LogP contribution in [0.1, 0.15) is 52.8 Å². The van der Waals surface area contributed by atoms with Crippen LogP contribution in [-0.2, 0) is 27.8 Å². The van der Waals surface area contributed by atoms with E-state index < -0.39 is 10.0 Å². The van der Waals surface area contributed by atoms with Gasteiger partial charge in [0.2, 0.25) is 15.9 Å². The lowest BCUT2D eigenvalue weighted by molar-refractivity contribution is -0.121. The zero-order valence-electron chi connectivity index (χ0n) is 18.4. The van der Waals surface area contributed by atoms with E-state index in [-0.39, 0.29) is 16.8 Å². The number of fused-ring (bicyclic) bond motifs is 1. The second-order valence-corrected chi connectivity index (χ2v) is 10.2. The summed E-state index contributed by atoms with van der Waals surface area (Å²) in [5.74, 6) is 1.21. The summed E-state index contributed by atoms with van der Waals surface area (Å²) in [6.45, 7) is 9.09. The molecule has 0 aliphatic carbocycles. The van der Waals surface area contributed by atoms with Crippen molar-refractivity contribution in [1.82, 2.24) is 19.2 Å². The molecule has 0 saturated heterocycles. The summed E-state index contributed by atoms with van der Waals surface area (Å²) in [5, 5.41) is 3.03. The van der Waals surface area contributed by atoms with E-state index in [1.54, 1.807) is 12.1 Å². The van der Waals surface area contributed by atoms with Crippen LogP contribution < -0.4 is 5.32 Å². The molecule has 0 aliphatic rings. The standard InChI is InChI=1S/C21H34N4O3S/c1-7-8-13-25-19-10-9-17(29(27,28)24(5)6)14-18(19)23-20(25)11-12-21(26)22-16(4)15(2)3/h9-10,14-16H,7-8,11-13H2,1-6H3,(H,22,26). The number of nitrogens with one attached hydrogen (secondary N) is 1. The van der Waals surface area contributed by atoms with E-state index in [2.05, 4.69) is 35.6 Å². The Morgan fingerprint density at radius 3 is 2.52 bits per heavy atom. The van der Waals surface area contributed by atoms with Gasteiger partial charge < -0.3 is 9.88 Å². The molecule has 1 N–H and O–H groups in total. The van der Waals surface area contributed by atoms with Gasteiger partial charge in [0.1, 0.15) is 5.82 Å². The topological polar surface area (TPSA) is 84.3 Å². The highest BCUT2D eigenvalue weighted by atomic mass is 32.2. The Kier molecular flexibility index (Phi) is 7.82. The number of imidazole rings is 1. The number of nitrogens with zero attached hydrogens (tertiary/aromatic N) is 3. The molecule has 0 radical (unpaired) electrons. The molecule has 1 heterocycles. The van der Waals surface area contributed by atoms with Crippen molar-refractivity contribution in [3.05, 3.63) is 24.0 Å². The average molecular weight is 423 g/mol. The molecule has 1 aromatic carbocycles.